The van der Waals surface area contributed by atoms with Crippen molar-refractivity contribution in [1.29, 1.82) is 0 Å². The molecule has 23 heavy (non-hydrogen) atoms. The van der Waals surface area contributed by atoms with E-state index < -0.39 is 0 Å². The molecule has 114 valence electrons. The van der Waals surface area contributed by atoms with Crippen molar-refractivity contribution in [3.63, 3.8) is 0 Å². The van der Waals surface area contributed by atoms with Crippen LogP contribution in [0.25, 0.3) is 27.3 Å². The van der Waals surface area contributed by atoms with Gasteiger partial charge < -0.3 is 4.90 Å². The summed E-state index contributed by atoms with van der Waals surface area (Å²) in [5, 5.41) is 5.74. The van der Waals surface area contributed by atoms with E-state index in [0.717, 1.165) is 35.6 Å². The van der Waals surface area contributed by atoms with Crippen LogP contribution in [0.3, 0.4) is 0 Å². The van der Waals surface area contributed by atoms with E-state index in [1.807, 2.05) is 12.1 Å². The Kier molecular flexibility index (Phi) is 2.74. The lowest BCUT2D eigenvalue weighted by Crippen LogP contribution is -2.25. The van der Waals surface area contributed by atoms with E-state index in [1.54, 1.807) is 34.6 Å². The Labute approximate surface area is 136 Å². The van der Waals surface area contributed by atoms with Crippen molar-refractivity contribution in [2.45, 2.75) is 13.0 Å². The van der Waals surface area contributed by atoms with Gasteiger partial charge in [0.2, 0.25) is 0 Å². The highest BCUT2D eigenvalue weighted by Gasteiger charge is 2.22. The van der Waals surface area contributed by atoms with Gasteiger partial charge in [-0.25, -0.2) is 14.5 Å². The molecule has 0 bridgehead atoms. The summed E-state index contributed by atoms with van der Waals surface area (Å²) in [5.41, 5.74) is 3.22. The topological polar surface area (TPSA) is 59.2 Å². The van der Waals surface area contributed by atoms with Crippen LogP contribution in [0.1, 0.15) is 10.4 Å². The zero-order valence-corrected chi connectivity index (χ0v) is 13.4. The highest BCUT2D eigenvalue weighted by atomic mass is 32.1. The SMILES string of the molecule is CN1CCc2c(sc3ncn4nc(-c5cccnc5)nc4c23)C1. The monoisotopic (exact) mass is 322 g/mol. The summed E-state index contributed by atoms with van der Waals surface area (Å²) < 4.78 is 1.79. The minimum Gasteiger partial charge on any atom is -0.301 e. The van der Waals surface area contributed by atoms with Crippen molar-refractivity contribution in [3.05, 3.63) is 41.3 Å². The van der Waals surface area contributed by atoms with Crippen LogP contribution in [-0.2, 0) is 13.0 Å². The van der Waals surface area contributed by atoms with Crippen LogP contribution in [0, 0.1) is 0 Å². The fourth-order valence-corrected chi connectivity index (χ4v) is 4.40. The molecule has 1 aliphatic heterocycles. The van der Waals surface area contributed by atoms with Crippen LogP contribution in [0.2, 0.25) is 0 Å². The molecule has 0 amide bonds. The standard InChI is InChI=1S/C16H14N6S/c1-21-6-4-11-12(8-21)23-16-13(11)15-19-14(20-22(15)9-18-16)10-3-2-5-17-7-10/h2-3,5,7,9H,4,6,8H2,1H3. The van der Waals surface area contributed by atoms with E-state index in [4.69, 9.17) is 4.98 Å². The number of likely N-dealkylation sites (N-methyl/N-ethyl adjacent to an activating group) is 1. The van der Waals surface area contributed by atoms with Gasteiger partial charge in [0.05, 0.1) is 5.39 Å². The van der Waals surface area contributed by atoms with Crippen molar-refractivity contribution >= 4 is 27.2 Å². The summed E-state index contributed by atoms with van der Waals surface area (Å²) in [7, 11) is 2.16. The molecule has 0 saturated carbocycles. The fraction of sp³-hybridized carbons (Fsp3) is 0.250. The van der Waals surface area contributed by atoms with Crippen molar-refractivity contribution in [1.82, 2.24) is 29.5 Å². The first-order valence-electron chi connectivity index (χ1n) is 7.54. The Hall–Kier alpha value is -2.38. The van der Waals surface area contributed by atoms with Crippen LogP contribution in [0.15, 0.2) is 30.9 Å². The minimum absolute atomic E-state index is 0.695. The van der Waals surface area contributed by atoms with Gasteiger partial charge >= 0.3 is 0 Å². The Morgan fingerprint density at radius 3 is 3.13 bits per heavy atom. The number of thiophene rings is 1. The number of pyridine rings is 1. The van der Waals surface area contributed by atoms with Crippen molar-refractivity contribution in [2.24, 2.45) is 0 Å². The normalized spacial score (nSPS) is 15.3. The van der Waals surface area contributed by atoms with Crippen molar-refractivity contribution < 1.29 is 0 Å². The maximum Gasteiger partial charge on any atom is 0.183 e. The average Bonchev–Trinajstić information content (AvgIpc) is 3.15. The number of hydrogen-bond acceptors (Lipinski definition) is 6. The molecule has 1 aliphatic rings. The first kappa shape index (κ1) is 13.1. The maximum absolute atomic E-state index is 4.78. The van der Waals surface area contributed by atoms with Crippen LogP contribution < -0.4 is 0 Å². The molecule has 0 atom stereocenters. The van der Waals surface area contributed by atoms with E-state index in [1.165, 1.54) is 15.8 Å². The predicted molar refractivity (Wildman–Crippen MR) is 89.4 cm³/mol. The zero-order chi connectivity index (χ0) is 15.4. The molecular formula is C16H14N6S. The number of hydrogen-bond donors (Lipinski definition) is 0. The van der Waals surface area contributed by atoms with Gasteiger partial charge in [0.1, 0.15) is 11.2 Å². The number of rotatable bonds is 1. The molecule has 7 heteroatoms. The highest BCUT2D eigenvalue weighted by Crippen LogP contribution is 2.35. The third kappa shape index (κ3) is 1.97. The molecule has 0 radical (unpaired) electrons. The first-order valence-corrected chi connectivity index (χ1v) is 8.36. The second-order valence-corrected chi connectivity index (χ2v) is 6.95. The van der Waals surface area contributed by atoms with E-state index in [0.29, 0.717) is 5.82 Å². The predicted octanol–water partition coefficient (Wildman–Crippen LogP) is 2.39. The number of aromatic nitrogens is 5. The van der Waals surface area contributed by atoms with E-state index in [-0.39, 0.29) is 0 Å². The average molecular weight is 322 g/mol. The second kappa shape index (κ2) is 4.81. The highest BCUT2D eigenvalue weighted by molar-refractivity contribution is 7.19. The molecule has 0 fully saturated rings. The Bertz CT molecular complexity index is 1020. The summed E-state index contributed by atoms with van der Waals surface area (Å²) in [6.07, 6.45) is 6.35. The maximum atomic E-state index is 4.78. The van der Waals surface area contributed by atoms with Crippen molar-refractivity contribution in [3.8, 4) is 11.4 Å². The molecule has 4 aromatic rings. The molecule has 5 rings (SSSR count). The second-order valence-electron chi connectivity index (χ2n) is 5.86. The van der Waals surface area contributed by atoms with E-state index >= 15 is 0 Å². The van der Waals surface area contributed by atoms with Gasteiger partial charge in [-0.15, -0.1) is 16.4 Å². The van der Waals surface area contributed by atoms with E-state index in [9.17, 15) is 0 Å². The lowest BCUT2D eigenvalue weighted by molar-refractivity contribution is 0.318. The Morgan fingerprint density at radius 1 is 1.30 bits per heavy atom. The summed E-state index contributed by atoms with van der Waals surface area (Å²) in [6.45, 7) is 2.07. The molecule has 0 N–H and O–H groups in total. The molecule has 6 nitrogen and oxygen atoms in total. The molecule has 0 saturated heterocycles. The van der Waals surface area contributed by atoms with Gasteiger partial charge in [-0.1, -0.05) is 0 Å². The molecule has 0 aromatic carbocycles. The molecule has 4 aromatic heterocycles. The first-order chi connectivity index (χ1) is 11.3. The van der Waals surface area contributed by atoms with Crippen LogP contribution in [0.4, 0.5) is 0 Å². The fourth-order valence-electron chi connectivity index (χ4n) is 3.14. The third-order valence-corrected chi connectivity index (χ3v) is 5.41. The minimum atomic E-state index is 0.695. The zero-order valence-electron chi connectivity index (χ0n) is 12.6. The molecule has 0 aliphatic carbocycles. The third-order valence-electron chi connectivity index (χ3n) is 4.29. The van der Waals surface area contributed by atoms with Crippen molar-refractivity contribution in [2.75, 3.05) is 13.6 Å². The van der Waals surface area contributed by atoms with Gasteiger partial charge in [0, 0.05) is 35.9 Å². The lowest BCUT2D eigenvalue weighted by atomic mass is 10.1. The lowest BCUT2D eigenvalue weighted by Gasteiger charge is -2.21. The van der Waals surface area contributed by atoms with Gasteiger partial charge in [-0.3, -0.25) is 4.98 Å². The van der Waals surface area contributed by atoms with Crippen LogP contribution >= 0.6 is 11.3 Å². The molecular weight excluding hydrogens is 308 g/mol. The quantitative estimate of drug-likeness (QED) is 0.538. The Morgan fingerprint density at radius 2 is 2.26 bits per heavy atom. The summed E-state index contributed by atoms with van der Waals surface area (Å²) in [5.74, 6) is 0.695. The van der Waals surface area contributed by atoms with Gasteiger partial charge in [0.25, 0.3) is 0 Å². The van der Waals surface area contributed by atoms with Gasteiger partial charge in [-0.2, -0.15) is 0 Å². The van der Waals surface area contributed by atoms with Gasteiger partial charge in [0.15, 0.2) is 11.5 Å². The molecule has 5 heterocycles. The summed E-state index contributed by atoms with van der Waals surface area (Å²) >= 11 is 1.78. The number of fused-ring (bicyclic) bond motifs is 5. The number of nitrogens with zero attached hydrogens (tertiary/aromatic N) is 6. The molecule has 0 unspecified atom stereocenters. The molecule has 0 spiro atoms. The van der Waals surface area contributed by atoms with Gasteiger partial charge in [-0.05, 0) is 31.2 Å². The Balaban J connectivity index is 1.78. The summed E-state index contributed by atoms with van der Waals surface area (Å²) in [4.78, 5) is 18.3. The smallest absolute Gasteiger partial charge is 0.183 e. The van der Waals surface area contributed by atoms with E-state index in [2.05, 4.69) is 27.0 Å². The summed E-state index contributed by atoms with van der Waals surface area (Å²) in [6, 6.07) is 3.88. The van der Waals surface area contributed by atoms with Crippen LogP contribution in [0.5, 0.6) is 0 Å². The van der Waals surface area contributed by atoms with Crippen LogP contribution in [-0.4, -0.2) is 43.1 Å². The largest absolute Gasteiger partial charge is 0.301 e.